The van der Waals surface area contributed by atoms with Gasteiger partial charge in [0.05, 0.1) is 17.1 Å². The van der Waals surface area contributed by atoms with Crippen molar-refractivity contribution < 1.29 is 4.79 Å². The van der Waals surface area contributed by atoms with Gasteiger partial charge in [-0.05, 0) is 30.5 Å². The Morgan fingerprint density at radius 2 is 1.80 bits per heavy atom. The standard InChI is InChI=1S/C21H23N3O/c25-20(22-15-17-16-23-24-14-8-5-11-19(17)24)21(12-6-2-7-13-21)18-9-3-1-4-10-18/h1,3-5,8-11,14,16H,2,6-7,12-13,15H2,(H,22,25). The average molecular weight is 333 g/mol. The minimum Gasteiger partial charge on any atom is -0.351 e. The fraction of sp³-hybridized carbons (Fsp3) is 0.333. The topological polar surface area (TPSA) is 46.4 Å². The largest absolute Gasteiger partial charge is 0.351 e. The maximum absolute atomic E-state index is 13.2. The number of fused-ring (bicyclic) bond motifs is 1. The van der Waals surface area contributed by atoms with Crippen LogP contribution in [0.4, 0.5) is 0 Å². The molecular formula is C21H23N3O. The molecular weight excluding hydrogens is 310 g/mol. The first-order valence-electron chi connectivity index (χ1n) is 9.05. The molecule has 0 spiro atoms. The van der Waals surface area contributed by atoms with E-state index in [9.17, 15) is 4.79 Å². The van der Waals surface area contributed by atoms with E-state index in [1.54, 1.807) is 0 Å². The molecule has 1 amide bonds. The van der Waals surface area contributed by atoms with E-state index in [0.717, 1.165) is 42.3 Å². The molecule has 1 aliphatic rings. The molecule has 25 heavy (non-hydrogen) atoms. The summed E-state index contributed by atoms with van der Waals surface area (Å²) in [4.78, 5) is 13.2. The van der Waals surface area contributed by atoms with Crippen molar-refractivity contribution in [1.29, 1.82) is 0 Å². The summed E-state index contributed by atoms with van der Waals surface area (Å²) >= 11 is 0. The summed E-state index contributed by atoms with van der Waals surface area (Å²) in [5.41, 5.74) is 2.85. The lowest BCUT2D eigenvalue weighted by atomic mass is 9.68. The highest BCUT2D eigenvalue weighted by Gasteiger charge is 2.40. The molecule has 128 valence electrons. The van der Waals surface area contributed by atoms with Gasteiger partial charge >= 0.3 is 0 Å². The van der Waals surface area contributed by atoms with E-state index in [1.807, 2.05) is 53.3 Å². The predicted octanol–water partition coefficient (Wildman–Crippen LogP) is 3.85. The van der Waals surface area contributed by atoms with Gasteiger partial charge in [0.25, 0.3) is 0 Å². The average Bonchev–Trinajstić information content (AvgIpc) is 3.10. The van der Waals surface area contributed by atoms with Gasteiger partial charge in [-0.2, -0.15) is 5.10 Å². The minimum atomic E-state index is -0.386. The molecule has 0 atom stereocenters. The number of amides is 1. The van der Waals surface area contributed by atoms with Crippen molar-refractivity contribution in [3.63, 3.8) is 0 Å². The summed E-state index contributed by atoms with van der Waals surface area (Å²) in [6.07, 6.45) is 9.06. The lowest BCUT2D eigenvalue weighted by Crippen LogP contribution is -2.45. The van der Waals surface area contributed by atoms with Gasteiger partial charge in [-0.3, -0.25) is 4.79 Å². The van der Waals surface area contributed by atoms with Gasteiger partial charge in [0.1, 0.15) is 0 Å². The number of aromatic nitrogens is 2. The van der Waals surface area contributed by atoms with Crippen LogP contribution >= 0.6 is 0 Å². The number of rotatable bonds is 4. The van der Waals surface area contributed by atoms with E-state index in [0.29, 0.717) is 6.54 Å². The van der Waals surface area contributed by atoms with Crippen LogP contribution in [0.2, 0.25) is 0 Å². The second kappa shape index (κ2) is 6.71. The van der Waals surface area contributed by atoms with Crippen molar-refractivity contribution in [2.45, 2.75) is 44.1 Å². The molecule has 1 saturated carbocycles. The van der Waals surface area contributed by atoms with Crippen LogP contribution < -0.4 is 5.32 Å². The van der Waals surface area contributed by atoms with Crippen LogP contribution in [0.25, 0.3) is 5.52 Å². The van der Waals surface area contributed by atoms with Crippen LogP contribution in [0.5, 0.6) is 0 Å². The Morgan fingerprint density at radius 3 is 2.60 bits per heavy atom. The van der Waals surface area contributed by atoms with Crippen LogP contribution in [0.1, 0.15) is 43.2 Å². The lowest BCUT2D eigenvalue weighted by molar-refractivity contribution is -0.128. The maximum Gasteiger partial charge on any atom is 0.230 e. The maximum atomic E-state index is 13.2. The monoisotopic (exact) mass is 333 g/mol. The zero-order valence-electron chi connectivity index (χ0n) is 14.3. The molecule has 4 rings (SSSR count). The van der Waals surface area contributed by atoms with Crippen molar-refractivity contribution in [3.05, 3.63) is 72.1 Å². The molecule has 4 heteroatoms. The molecule has 0 saturated heterocycles. The van der Waals surface area contributed by atoms with Crippen molar-refractivity contribution in [1.82, 2.24) is 14.9 Å². The predicted molar refractivity (Wildman–Crippen MR) is 98.2 cm³/mol. The second-order valence-electron chi connectivity index (χ2n) is 6.89. The summed E-state index contributed by atoms with van der Waals surface area (Å²) in [7, 11) is 0. The zero-order valence-corrected chi connectivity index (χ0v) is 14.3. The number of hydrogen-bond donors (Lipinski definition) is 1. The highest BCUT2D eigenvalue weighted by Crippen LogP contribution is 2.39. The van der Waals surface area contributed by atoms with Gasteiger partial charge in [0.15, 0.2) is 0 Å². The number of pyridine rings is 1. The van der Waals surface area contributed by atoms with E-state index < -0.39 is 0 Å². The Morgan fingerprint density at radius 1 is 1.04 bits per heavy atom. The van der Waals surface area contributed by atoms with E-state index in [2.05, 4.69) is 22.5 Å². The fourth-order valence-electron chi connectivity index (χ4n) is 4.03. The van der Waals surface area contributed by atoms with Crippen LogP contribution in [0.3, 0.4) is 0 Å². The lowest BCUT2D eigenvalue weighted by Gasteiger charge is -2.36. The summed E-state index contributed by atoms with van der Waals surface area (Å²) in [6, 6.07) is 16.2. The quantitative estimate of drug-likeness (QED) is 0.788. The third-order valence-corrected chi connectivity index (χ3v) is 5.41. The van der Waals surface area contributed by atoms with E-state index in [-0.39, 0.29) is 11.3 Å². The molecule has 2 aromatic heterocycles. The number of hydrogen-bond acceptors (Lipinski definition) is 2. The SMILES string of the molecule is O=C(NCc1cnn2ccccc12)C1(c2ccccc2)CCCCC1. The minimum absolute atomic E-state index is 0.147. The van der Waals surface area contributed by atoms with Gasteiger partial charge in [-0.15, -0.1) is 0 Å². The van der Waals surface area contributed by atoms with Crippen LogP contribution in [0.15, 0.2) is 60.9 Å². The first-order chi connectivity index (χ1) is 12.3. The molecule has 0 bridgehead atoms. The summed E-state index contributed by atoms with van der Waals surface area (Å²) in [6.45, 7) is 0.515. The molecule has 1 fully saturated rings. The Hall–Kier alpha value is -2.62. The van der Waals surface area contributed by atoms with Gasteiger partial charge in [0, 0.05) is 18.3 Å². The molecule has 2 heterocycles. The van der Waals surface area contributed by atoms with Crippen molar-refractivity contribution in [3.8, 4) is 0 Å². The normalized spacial score (nSPS) is 16.6. The van der Waals surface area contributed by atoms with Gasteiger partial charge < -0.3 is 5.32 Å². The van der Waals surface area contributed by atoms with Crippen molar-refractivity contribution in [2.24, 2.45) is 0 Å². The number of benzene rings is 1. The van der Waals surface area contributed by atoms with Gasteiger partial charge in [0.2, 0.25) is 5.91 Å². The first-order valence-corrected chi connectivity index (χ1v) is 9.05. The summed E-state index contributed by atoms with van der Waals surface area (Å²) in [5, 5.41) is 7.54. The summed E-state index contributed by atoms with van der Waals surface area (Å²) in [5.74, 6) is 0.147. The zero-order chi connectivity index (χ0) is 17.1. The van der Waals surface area contributed by atoms with Crippen molar-refractivity contribution >= 4 is 11.4 Å². The fourth-order valence-corrected chi connectivity index (χ4v) is 4.03. The molecule has 3 aromatic rings. The number of nitrogens with zero attached hydrogens (tertiary/aromatic N) is 2. The van der Waals surface area contributed by atoms with Crippen LogP contribution in [-0.2, 0) is 16.8 Å². The second-order valence-corrected chi connectivity index (χ2v) is 6.89. The van der Waals surface area contributed by atoms with Crippen LogP contribution in [0, 0.1) is 0 Å². The molecule has 0 radical (unpaired) electrons. The molecule has 4 nitrogen and oxygen atoms in total. The molecule has 0 aliphatic heterocycles. The Bertz CT molecular complexity index is 863. The molecule has 0 unspecified atom stereocenters. The first kappa shape index (κ1) is 15.9. The van der Waals surface area contributed by atoms with E-state index in [4.69, 9.17) is 0 Å². The molecule has 1 aromatic carbocycles. The molecule has 1 N–H and O–H groups in total. The summed E-state index contributed by atoms with van der Waals surface area (Å²) < 4.78 is 1.84. The molecule has 1 aliphatic carbocycles. The van der Waals surface area contributed by atoms with E-state index >= 15 is 0 Å². The number of carbonyl (C=O) groups is 1. The van der Waals surface area contributed by atoms with Crippen LogP contribution in [-0.4, -0.2) is 15.5 Å². The smallest absolute Gasteiger partial charge is 0.230 e. The van der Waals surface area contributed by atoms with Gasteiger partial charge in [-0.25, -0.2) is 4.52 Å². The Kier molecular flexibility index (Phi) is 4.26. The highest BCUT2D eigenvalue weighted by atomic mass is 16.2. The van der Waals surface area contributed by atoms with Crippen molar-refractivity contribution in [2.75, 3.05) is 0 Å². The number of carbonyl (C=O) groups excluding carboxylic acids is 1. The van der Waals surface area contributed by atoms with Gasteiger partial charge in [-0.1, -0.05) is 55.7 Å². The third-order valence-electron chi connectivity index (χ3n) is 5.41. The third kappa shape index (κ3) is 2.93. The Balaban J connectivity index is 1.57. The Labute approximate surface area is 147 Å². The number of nitrogens with one attached hydrogen (secondary N) is 1. The van der Waals surface area contributed by atoms with E-state index in [1.165, 1.54) is 6.42 Å². The highest BCUT2D eigenvalue weighted by molar-refractivity contribution is 5.88.